The molecule has 2 aliphatic heterocycles. The predicted molar refractivity (Wildman–Crippen MR) is 186 cm³/mol. The van der Waals surface area contributed by atoms with E-state index in [9.17, 15) is 16.8 Å². The van der Waals surface area contributed by atoms with Gasteiger partial charge in [0.15, 0.2) is 0 Å². The summed E-state index contributed by atoms with van der Waals surface area (Å²) in [5, 5.41) is 1.40. The molecule has 4 aromatic rings. The van der Waals surface area contributed by atoms with Crippen LogP contribution in [0.25, 0.3) is 11.1 Å². The fourth-order valence-electron chi connectivity index (χ4n) is 6.73. The van der Waals surface area contributed by atoms with E-state index in [4.69, 9.17) is 23.2 Å². The largest absolute Gasteiger partial charge is 0.296 e. The lowest BCUT2D eigenvalue weighted by Crippen LogP contribution is -2.48. The fraction of sp³-hybridized carbons (Fsp3) is 0.314. The smallest absolute Gasteiger partial charge is 0.243 e. The minimum absolute atomic E-state index is 0.277. The van der Waals surface area contributed by atoms with Crippen LogP contribution < -0.4 is 0 Å². The van der Waals surface area contributed by atoms with Gasteiger partial charge in [0.1, 0.15) is 0 Å². The van der Waals surface area contributed by atoms with Gasteiger partial charge in [0.2, 0.25) is 20.0 Å². The minimum atomic E-state index is -3.67. The van der Waals surface area contributed by atoms with Crippen LogP contribution in [-0.4, -0.2) is 87.6 Å². The number of sulfonamides is 2. The second-order valence-corrected chi connectivity index (χ2v) is 17.2. The first-order chi connectivity index (χ1) is 22.6. The molecule has 246 valence electrons. The second-order valence-electron chi connectivity index (χ2n) is 12.4. The zero-order chi connectivity index (χ0) is 32.8. The molecule has 2 fully saturated rings. The van der Waals surface area contributed by atoms with Crippen molar-refractivity contribution < 1.29 is 16.8 Å². The van der Waals surface area contributed by atoms with E-state index in [0.717, 1.165) is 46.5 Å². The number of piperazine rings is 2. The van der Waals surface area contributed by atoms with Crippen molar-refractivity contribution in [2.24, 2.45) is 0 Å². The first-order valence-corrected chi connectivity index (χ1v) is 19.4. The molecular formula is C35H36Cl2N4O4S2. The Morgan fingerprint density at radius 3 is 1.21 bits per heavy atom. The predicted octanol–water partition coefficient (Wildman–Crippen LogP) is 5.58. The molecule has 4 aromatic carbocycles. The van der Waals surface area contributed by atoms with Crippen molar-refractivity contribution in [1.29, 1.82) is 0 Å². The standard InChI is InChI=1S/C35H36Cl2N4O4S2/c36-30-5-1-26(2-6-30)24-38-13-17-40(18-14-38)46(42,43)32-9-11-34-28(22-32)21-29-23-33(10-12-35(29)34)47(44,45)41-19-15-39(16-20-41)25-27-3-7-31(37)8-4-27/h1-12,22-23H,13-21,24-25H2. The molecule has 0 radical (unpaired) electrons. The summed E-state index contributed by atoms with van der Waals surface area (Å²) in [6.45, 7) is 5.77. The number of rotatable bonds is 8. The van der Waals surface area contributed by atoms with Crippen LogP contribution in [0.2, 0.25) is 10.0 Å². The highest BCUT2D eigenvalue weighted by molar-refractivity contribution is 7.89. The molecule has 3 aliphatic rings. The van der Waals surface area contributed by atoms with Crippen molar-refractivity contribution in [1.82, 2.24) is 18.4 Å². The van der Waals surface area contributed by atoms with Crippen molar-refractivity contribution in [3.63, 3.8) is 0 Å². The molecule has 0 amide bonds. The Hall–Kier alpha value is -2.80. The lowest BCUT2D eigenvalue weighted by Gasteiger charge is -2.34. The van der Waals surface area contributed by atoms with Crippen molar-refractivity contribution in [3.8, 4) is 11.1 Å². The molecule has 0 unspecified atom stereocenters. The molecule has 2 heterocycles. The van der Waals surface area contributed by atoms with Crippen molar-refractivity contribution in [3.05, 3.63) is 117 Å². The molecule has 0 N–H and O–H groups in total. The quantitative estimate of drug-likeness (QED) is 0.209. The average molecular weight is 712 g/mol. The first kappa shape index (κ1) is 32.7. The number of nitrogens with zero attached hydrogens (tertiary/aromatic N) is 4. The van der Waals surface area contributed by atoms with Crippen LogP contribution in [0, 0.1) is 0 Å². The van der Waals surface area contributed by atoms with E-state index < -0.39 is 20.0 Å². The Morgan fingerprint density at radius 2 is 0.851 bits per heavy atom. The highest BCUT2D eigenvalue weighted by Gasteiger charge is 2.32. The number of hydrogen-bond acceptors (Lipinski definition) is 6. The molecule has 0 bridgehead atoms. The minimum Gasteiger partial charge on any atom is -0.296 e. The van der Waals surface area contributed by atoms with Gasteiger partial charge in [-0.05, 0) is 88.3 Å². The van der Waals surface area contributed by atoms with Crippen LogP contribution in [0.5, 0.6) is 0 Å². The van der Waals surface area contributed by atoms with Gasteiger partial charge in [-0.15, -0.1) is 0 Å². The lowest BCUT2D eigenvalue weighted by atomic mass is 10.1. The summed E-state index contributed by atoms with van der Waals surface area (Å²) in [4.78, 5) is 5.06. The number of halogens is 2. The van der Waals surface area contributed by atoms with Crippen LogP contribution in [0.4, 0.5) is 0 Å². The van der Waals surface area contributed by atoms with Crippen molar-refractivity contribution in [2.75, 3.05) is 52.4 Å². The van der Waals surface area contributed by atoms with E-state index in [1.165, 1.54) is 0 Å². The summed E-state index contributed by atoms with van der Waals surface area (Å²) in [5.74, 6) is 0. The Bertz CT molecular complexity index is 1850. The molecule has 8 nitrogen and oxygen atoms in total. The van der Waals surface area contributed by atoms with Gasteiger partial charge in [-0.2, -0.15) is 8.61 Å². The Labute approximate surface area is 287 Å². The van der Waals surface area contributed by atoms with Crippen molar-refractivity contribution >= 4 is 43.2 Å². The third kappa shape index (κ3) is 6.89. The van der Waals surface area contributed by atoms with E-state index >= 15 is 0 Å². The van der Waals surface area contributed by atoms with Crippen molar-refractivity contribution in [2.45, 2.75) is 29.3 Å². The van der Waals surface area contributed by atoms with E-state index in [-0.39, 0.29) is 9.79 Å². The number of hydrogen-bond donors (Lipinski definition) is 0. The highest BCUT2D eigenvalue weighted by atomic mass is 35.5. The Morgan fingerprint density at radius 1 is 0.489 bits per heavy atom. The topological polar surface area (TPSA) is 81.2 Å². The molecular weight excluding hydrogens is 675 g/mol. The number of fused-ring (bicyclic) bond motifs is 3. The molecule has 2 saturated heterocycles. The maximum atomic E-state index is 13.7. The van der Waals surface area contributed by atoms with Gasteiger partial charge in [0, 0.05) is 75.5 Å². The van der Waals surface area contributed by atoms with E-state index in [2.05, 4.69) is 9.80 Å². The lowest BCUT2D eigenvalue weighted by molar-refractivity contribution is 0.181. The molecule has 47 heavy (non-hydrogen) atoms. The van der Waals surface area contributed by atoms with E-state index in [1.807, 2.05) is 60.7 Å². The summed E-state index contributed by atoms with van der Waals surface area (Å²) in [6.07, 6.45) is 0.487. The van der Waals surface area contributed by atoms with Gasteiger partial charge in [0.25, 0.3) is 0 Å². The summed E-state index contributed by atoms with van der Waals surface area (Å²) in [7, 11) is -7.34. The van der Waals surface area contributed by atoms with E-state index in [1.54, 1.807) is 32.9 Å². The molecule has 7 rings (SSSR count). The van der Waals surface area contributed by atoms with Gasteiger partial charge in [0.05, 0.1) is 9.79 Å². The van der Waals surface area contributed by atoms with Crippen LogP contribution in [0.1, 0.15) is 22.3 Å². The fourth-order valence-corrected chi connectivity index (χ4v) is 9.93. The average Bonchev–Trinajstić information content (AvgIpc) is 3.45. The normalized spacial score (nSPS) is 18.3. The van der Waals surface area contributed by atoms with Gasteiger partial charge < -0.3 is 0 Å². The highest BCUT2D eigenvalue weighted by Crippen LogP contribution is 2.39. The molecule has 1 aliphatic carbocycles. The van der Waals surface area contributed by atoms with Crippen LogP contribution in [0.15, 0.2) is 94.7 Å². The Balaban J connectivity index is 0.990. The monoisotopic (exact) mass is 710 g/mol. The van der Waals surface area contributed by atoms with Gasteiger partial charge in [-0.3, -0.25) is 9.80 Å². The molecule has 0 saturated carbocycles. The summed E-state index contributed by atoms with van der Waals surface area (Å²) in [6, 6.07) is 26.1. The zero-order valence-corrected chi connectivity index (χ0v) is 29.0. The molecule has 12 heteroatoms. The second kappa shape index (κ2) is 13.2. The molecule has 0 spiro atoms. The maximum absolute atomic E-state index is 13.7. The SMILES string of the molecule is O=S(=O)(c1ccc2c(c1)Cc1cc(S(=O)(=O)N3CCN(Cc4ccc(Cl)cc4)CC3)ccc1-2)N1CCN(Cc2ccc(Cl)cc2)CC1. The summed E-state index contributed by atoms with van der Waals surface area (Å²) in [5.41, 5.74) is 5.99. The summed E-state index contributed by atoms with van der Waals surface area (Å²) < 4.78 is 57.8. The first-order valence-electron chi connectivity index (χ1n) is 15.8. The summed E-state index contributed by atoms with van der Waals surface area (Å²) >= 11 is 12.0. The zero-order valence-electron chi connectivity index (χ0n) is 25.9. The third-order valence-electron chi connectivity index (χ3n) is 9.40. The van der Waals surface area contributed by atoms with Gasteiger partial charge >= 0.3 is 0 Å². The Kier molecular flexibility index (Phi) is 9.23. The van der Waals surface area contributed by atoms with Crippen LogP contribution >= 0.6 is 23.2 Å². The van der Waals surface area contributed by atoms with Crippen LogP contribution in [-0.2, 0) is 39.6 Å². The molecule has 0 aromatic heterocycles. The molecule has 0 atom stereocenters. The third-order valence-corrected chi connectivity index (χ3v) is 13.7. The van der Waals surface area contributed by atoms with Gasteiger partial charge in [-0.25, -0.2) is 16.8 Å². The van der Waals surface area contributed by atoms with E-state index in [0.29, 0.717) is 68.8 Å². The van der Waals surface area contributed by atoms with Crippen LogP contribution in [0.3, 0.4) is 0 Å². The van der Waals surface area contributed by atoms with Gasteiger partial charge in [-0.1, -0.05) is 59.6 Å². The number of benzene rings is 4. The maximum Gasteiger partial charge on any atom is 0.243 e.